The first-order valence-electron chi connectivity index (χ1n) is 5.66. The van der Waals surface area contributed by atoms with Gasteiger partial charge in [0.1, 0.15) is 6.61 Å². The number of nitrogens with one attached hydrogen (secondary N) is 1. The Morgan fingerprint density at radius 2 is 2.00 bits per heavy atom. The van der Waals surface area contributed by atoms with Crippen molar-refractivity contribution >= 4 is 18.3 Å². The zero-order valence-corrected chi connectivity index (χ0v) is 10.9. The van der Waals surface area contributed by atoms with E-state index in [1.807, 2.05) is 13.8 Å². The van der Waals surface area contributed by atoms with Gasteiger partial charge in [-0.15, -0.1) is 12.4 Å². The van der Waals surface area contributed by atoms with Gasteiger partial charge in [-0.1, -0.05) is 12.8 Å². The molecule has 0 unspecified atom stereocenters. The van der Waals surface area contributed by atoms with Crippen molar-refractivity contribution < 1.29 is 9.53 Å². The summed E-state index contributed by atoms with van der Waals surface area (Å²) in [5.74, 6) is -0.0719. The highest BCUT2D eigenvalue weighted by molar-refractivity contribution is 5.85. The number of nitrogens with two attached hydrogens (primary N) is 1. The first-order chi connectivity index (χ1) is 7.03. The van der Waals surface area contributed by atoms with Gasteiger partial charge in [-0.2, -0.15) is 0 Å². The highest BCUT2D eigenvalue weighted by Gasteiger charge is 2.20. The normalized spacial score (nSPS) is 16.9. The van der Waals surface area contributed by atoms with Crippen molar-refractivity contribution in [1.29, 1.82) is 0 Å². The molecule has 16 heavy (non-hydrogen) atoms. The summed E-state index contributed by atoms with van der Waals surface area (Å²) in [5.41, 5.74) is 5.18. The van der Waals surface area contributed by atoms with E-state index < -0.39 is 0 Å². The molecule has 0 atom stereocenters. The zero-order chi connectivity index (χ0) is 11.3. The molecular weight excluding hydrogens is 228 g/mol. The van der Waals surface area contributed by atoms with Gasteiger partial charge in [0.2, 0.25) is 5.91 Å². The number of amides is 1. The van der Waals surface area contributed by atoms with Crippen LogP contribution in [0.1, 0.15) is 39.5 Å². The highest BCUT2D eigenvalue weighted by atomic mass is 35.5. The van der Waals surface area contributed by atoms with Gasteiger partial charge in [0.05, 0.1) is 6.10 Å². The SMILES string of the molecule is CC(C)(CN)NC(=O)COC1CCCC1.Cl. The quantitative estimate of drug-likeness (QED) is 0.771. The molecule has 0 radical (unpaired) electrons. The van der Waals surface area contributed by atoms with Crippen LogP contribution < -0.4 is 11.1 Å². The van der Waals surface area contributed by atoms with Gasteiger partial charge in [0.15, 0.2) is 0 Å². The summed E-state index contributed by atoms with van der Waals surface area (Å²) in [6.45, 7) is 4.40. The molecule has 96 valence electrons. The Hall–Kier alpha value is -0.320. The van der Waals surface area contributed by atoms with Crippen molar-refractivity contribution in [3.8, 4) is 0 Å². The number of halogens is 1. The van der Waals surface area contributed by atoms with Crippen LogP contribution in [0.3, 0.4) is 0 Å². The summed E-state index contributed by atoms with van der Waals surface area (Å²) < 4.78 is 5.50. The van der Waals surface area contributed by atoms with Gasteiger partial charge in [-0.25, -0.2) is 0 Å². The molecule has 0 saturated heterocycles. The molecule has 0 bridgehead atoms. The molecular formula is C11H23ClN2O2. The van der Waals surface area contributed by atoms with Crippen LogP contribution in [-0.4, -0.2) is 30.7 Å². The van der Waals surface area contributed by atoms with E-state index in [9.17, 15) is 4.79 Å². The second kappa shape index (κ2) is 7.09. The molecule has 1 aliphatic carbocycles. The molecule has 1 aliphatic rings. The molecule has 1 saturated carbocycles. The summed E-state index contributed by atoms with van der Waals surface area (Å²) in [4.78, 5) is 11.5. The van der Waals surface area contributed by atoms with Crippen molar-refractivity contribution in [3.63, 3.8) is 0 Å². The number of ether oxygens (including phenoxy) is 1. The summed E-state index contributed by atoms with van der Waals surface area (Å²) in [5, 5.41) is 2.84. The van der Waals surface area contributed by atoms with Crippen molar-refractivity contribution in [3.05, 3.63) is 0 Å². The predicted octanol–water partition coefficient (Wildman–Crippen LogP) is 1.22. The van der Waals surface area contributed by atoms with E-state index in [0.29, 0.717) is 6.54 Å². The van der Waals surface area contributed by atoms with Crippen molar-refractivity contribution in [2.45, 2.75) is 51.2 Å². The van der Waals surface area contributed by atoms with E-state index in [4.69, 9.17) is 10.5 Å². The minimum absolute atomic E-state index is 0. The molecule has 3 N–H and O–H groups in total. The lowest BCUT2D eigenvalue weighted by atomic mass is 10.1. The topological polar surface area (TPSA) is 64.3 Å². The lowest BCUT2D eigenvalue weighted by molar-refractivity contribution is -0.129. The summed E-state index contributed by atoms with van der Waals surface area (Å²) in [7, 11) is 0. The summed E-state index contributed by atoms with van der Waals surface area (Å²) >= 11 is 0. The van der Waals surface area contributed by atoms with Gasteiger partial charge >= 0.3 is 0 Å². The predicted molar refractivity (Wildman–Crippen MR) is 66.7 cm³/mol. The van der Waals surface area contributed by atoms with Gasteiger partial charge in [0.25, 0.3) is 0 Å². The van der Waals surface area contributed by atoms with Crippen molar-refractivity contribution in [2.24, 2.45) is 5.73 Å². The molecule has 0 aromatic heterocycles. The molecule has 5 heteroatoms. The van der Waals surface area contributed by atoms with Crippen LogP contribution >= 0.6 is 12.4 Å². The van der Waals surface area contributed by atoms with E-state index >= 15 is 0 Å². The number of hydrogen-bond acceptors (Lipinski definition) is 3. The average Bonchev–Trinajstić information content (AvgIpc) is 2.66. The lowest BCUT2D eigenvalue weighted by Gasteiger charge is -2.24. The Kier molecular flexibility index (Phi) is 6.95. The highest BCUT2D eigenvalue weighted by Crippen LogP contribution is 2.20. The van der Waals surface area contributed by atoms with Crippen molar-refractivity contribution in [2.75, 3.05) is 13.2 Å². The largest absolute Gasteiger partial charge is 0.368 e. The third-order valence-electron chi connectivity index (χ3n) is 2.74. The molecule has 4 nitrogen and oxygen atoms in total. The molecule has 0 heterocycles. The zero-order valence-electron chi connectivity index (χ0n) is 10.1. The minimum atomic E-state index is -0.337. The van der Waals surface area contributed by atoms with E-state index in [2.05, 4.69) is 5.32 Å². The van der Waals surface area contributed by atoms with Crippen LogP contribution in [0.5, 0.6) is 0 Å². The summed E-state index contributed by atoms with van der Waals surface area (Å²) in [6.07, 6.45) is 4.92. The van der Waals surface area contributed by atoms with Gasteiger partial charge in [-0.05, 0) is 26.7 Å². The van der Waals surface area contributed by atoms with Crippen LogP contribution in [0.2, 0.25) is 0 Å². The molecule has 0 spiro atoms. The van der Waals surface area contributed by atoms with Crippen LogP contribution in [0, 0.1) is 0 Å². The molecule has 1 fully saturated rings. The maximum absolute atomic E-state index is 11.5. The van der Waals surface area contributed by atoms with E-state index in [-0.39, 0.29) is 36.6 Å². The Morgan fingerprint density at radius 1 is 1.44 bits per heavy atom. The van der Waals surface area contributed by atoms with E-state index in [1.165, 1.54) is 12.8 Å². The summed E-state index contributed by atoms with van der Waals surface area (Å²) in [6, 6.07) is 0. The number of carbonyl (C=O) groups excluding carboxylic acids is 1. The second-order valence-corrected chi connectivity index (χ2v) is 4.85. The molecule has 0 aromatic carbocycles. The Balaban J connectivity index is 0.00000225. The van der Waals surface area contributed by atoms with Gasteiger partial charge in [-0.3, -0.25) is 4.79 Å². The van der Waals surface area contributed by atoms with Crippen LogP contribution in [0.25, 0.3) is 0 Å². The van der Waals surface area contributed by atoms with E-state index in [0.717, 1.165) is 12.8 Å². The van der Waals surface area contributed by atoms with Crippen LogP contribution in [0.15, 0.2) is 0 Å². The minimum Gasteiger partial charge on any atom is -0.368 e. The fourth-order valence-corrected chi connectivity index (χ4v) is 1.71. The first kappa shape index (κ1) is 15.7. The van der Waals surface area contributed by atoms with E-state index in [1.54, 1.807) is 0 Å². The fraction of sp³-hybridized carbons (Fsp3) is 0.909. The molecule has 0 aliphatic heterocycles. The monoisotopic (exact) mass is 250 g/mol. The Morgan fingerprint density at radius 3 is 2.50 bits per heavy atom. The lowest BCUT2D eigenvalue weighted by Crippen LogP contribution is -2.50. The third kappa shape index (κ3) is 5.68. The standard InChI is InChI=1S/C11H22N2O2.ClH/c1-11(2,8-12)13-10(14)7-15-9-5-3-4-6-9;/h9H,3-8,12H2,1-2H3,(H,13,14);1H. The van der Waals surface area contributed by atoms with Crippen molar-refractivity contribution in [1.82, 2.24) is 5.32 Å². The van der Waals surface area contributed by atoms with Crippen LogP contribution in [0.4, 0.5) is 0 Å². The molecule has 0 aromatic rings. The Labute approximate surface area is 104 Å². The number of hydrogen-bond donors (Lipinski definition) is 2. The van der Waals surface area contributed by atoms with Gasteiger partial charge in [0, 0.05) is 12.1 Å². The number of rotatable bonds is 5. The maximum atomic E-state index is 11.5. The molecule has 1 rings (SSSR count). The Bertz CT molecular complexity index is 216. The maximum Gasteiger partial charge on any atom is 0.246 e. The number of carbonyl (C=O) groups is 1. The first-order valence-corrected chi connectivity index (χ1v) is 5.66. The van der Waals surface area contributed by atoms with Crippen LogP contribution in [-0.2, 0) is 9.53 Å². The molecule has 1 amide bonds. The second-order valence-electron chi connectivity index (χ2n) is 4.85. The smallest absolute Gasteiger partial charge is 0.246 e. The fourth-order valence-electron chi connectivity index (χ4n) is 1.71. The third-order valence-corrected chi connectivity index (χ3v) is 2.74. The van der Waals surface area contributed by atoms with Gasteiger partial charge < -0.3 is 15.8 Å². The average molecular weight is 251 g/mol.